The lowest BCUT2D eigenvalue weighted by Gasteiger charge is -2.15. The van der Waals surface area contributed by atoms with Gasteiger partial charge in [0.05, 0.1) is 6.04 Å². The van der Waals surface area contributed by atoms with E-state index in [0.717, 1.165) is 5.56 Å². The second-order valence-electron chi connectivity index (χ2n) is 4.12. The molecular weight excluding hydrogens is 202 g/mol. The van der Waals surface area contributed by atoms with Crippen molar-refractivity contribution < 1.29 is 4.79 Å². The highest BCUT2D eigenvalue weighted by Gasteiger charge is 2.11. The summed E-state index contributed by atoms with van der Waals surface area (Å²) in [7, 11) is 0. The summed E-state index contributed by atoms with van der Waals surface area (Å²) in [6.07, 6.45) is 3.95. The molecule has 4 nitrogen and oxygen atoms in total. The first-order chi connectivity index (χ1) is 7.63. The molecule has 1 amide bonds. The van der Waals surface area contributed by atoms with E-state index < -0.39 is 0 Å². The summed E-state index contributed by atoms with van der Waals surface area (Å²) in [5.74, 6) is 0.260. The van der Waals surface area contributed by atoms with Crippen LogP contribution in [0.5, 0.6) is 0 Å². The van der Waals surface area contributed by atoms with Crippen molar-refractivity contribution >= 4 is 5.91 Å². The summed E-state index contributed by atoms with van der Waals surface area (Å²) in [6.45, 7) is 4.45. The molecule has 0 saturated heterocycles. The molecular formula is C12H19N3O. The molecule has 0 bridgehead atoms. The maximum absolute atomic E-state index is 11.6. The van der Waals surface area contributed by atoms with Gasteiger partial charge in [0.15, 0.2) is 0 Å². The van der Waals surface area contributed by atoms with E-state index in [1.807, 2.05) is 26.0 Å². The van der Waals surface area contributed by atoms with Crippen LogP contribution in [-0.2, 0) is 4.79 Å². The fourth-order valence-electron chi connectivity index (χ4n) is 1.42. The minimum atomic E-state index is -0.00817. The number of carbonyl (C=O) groups excluding carboxylic acids is 1. The smallest absolute Gasteiger partial charge is 0.220 e. The van der Waals surface area contributed by atoms with E-state index in [0.29, 0.717) is 13.0 Å². The Balaban J connectivity index is 2.46. The molecule has 88 valence electrons. The Morgan fingerprint density at radius 3 is 2.88 bits per heavy atom. The van der Waals surface area contributed by atoms with Crippen LogP contribution >= 0.6 is 0 Å². The predicted molar refractivity (Wildman–Crippen MR) is 63.6 cm³/mol. The molecule has 2 atom stereocenters. The number of hydrogen-bond donors (Lipinski definition) is 2. The quantitative estimate of drug-likeness (QED) is 0.786. The van der Waals surface area contributed by atoms with Crippen LogP contribution in [-0.4, -0.2) is 17.4 Å². The molecule has 1 aromatic heterocycles. The zero-order valence-electron chi connectivity index (χ0n) is 9.81. The van der Waals surface area contributed by atoms with Gasteiger partial charge >= 0.3 is 0 Å². The summed E-state index contributed by atoms with van der Waals surface area (Å²) in [6, 6.07) is 3.80. The molecule has 0 radical (unpaired) electrons. The molecule has 0 spiro atoms. The lowest BCUT2D eigenvalue weighted by atomic mass is 10.1. The second-order valence-corrected chi connectivity index (χ2v) is 4.12. The van der Waals surface area contributed by atoms with Crippen LogP contribution in [0.2, 0.25) is 0 Å². The van der Waals surface area contributed by atoms with Gasteiger partial charge in [-0.25, -0.2) is 0 Å². The van der Waals surface area contributed by atoms with Gasteiger partial charge in [0.1, 0.15) is 0 Å². The van der Waals surface area contributed by atoms with Crippen molar-refractivity contribution in [2.45, 2.75) is 26.3 Å². The SMILES string of the molecule is CC(CN)CC(=O)N[C@@H](C)c1cccnc1. The highest BCUT2D eigenvalue weighted by atomic mass is 16.1. The first kappa shape index (κ1) is 12.6. The first-order valence-corrected chi connectivity index (χ1v) is 5.52. The number of aromatic nitrogens is 1. The summed E-state index contributed by atoms with van der Waals surface area (Å²) >= 11 is 0. The summed E-state index contributed by atoms with van der Waals surface area (Å²) in [5.41, 5.74) is 6.48. The first-order valence-electron chi connectivity index (χ1n) is 5.52. The number of hydrogen-bond acceptors (Lipinski definition) is 3. The van der Waals surface area contributed by atoms with Crippen LogP contribution in [0.4, 0.5) is 0 Å². The molecule has 16 heavy (non-hydrogen) atoms. The van der Waals surface area contributed by atoms with Gasteiger partial charge < -0.3 is 11.1 Å². The van der Waals surface area contributed by atoms with Crippen molar-refractivity contribution in [2.24, 2.45) is 11.7 Å². The van der Waals surface area contributed by atoms with Crippen LogP contribution < -0.4 is 11.1 Å². The highest BCUT2D eigenvalue weighted by molar-refractivity contribution is 5.76. The van der Waals surface area contributed by atoms with Gasteiger partial charge in [0.2, 0.25) is 5.91 Å². The number of nitrogens with zero attached hydrogens (tertiary/aromatic N) is 1. The fourth-order valence-corrected chi connectivity index (χ4v) is 1.42. The monoisotopic (exact) mass is 221 g/mol. The van der Waals surface area contributed by atoms with Crippen molar-refractivity contribution in [3.63, 3.8) is 0 Å². The van der Waals surface area contributed by atoms with Crippen molar-refractivity contribution in [1.29, 1.82) is 0 Å². The number of pyridine rings is 1. The van der Waals surface area contributed by atoms with E-state index in [9.17, 15) is 4.79 Å². The molecule has 1 aromatic rings. The second kappa shape index (κ2) is 6.23. The Labute approximate surface area is 96.3 Å². The normalized spacial score (nSPS) is 14.2. The van der Waals surface area contributed by atoms with Gasteiger partial charge in [0.25, 0.3) is 0 Å². The molecule has 4 heteroatoms. The molecule has 0 aliphatic heterocycles. The molecule has 0 aliphatic rings. The van der Waals surface area contributed by atoms with Gasteiger partial charge in [-0.1, -0.05) is 13.0 Å². The number of nitrogens with two attached hydrogens (primary N) is 1. The number of amides is 1. The lowest BCUT2D eigenvalue weighted by Crippen LogP contribution is -2.29. The molecule has 1 rings (SSSR count). The van der Waals surface area contributed by atoms with E-state index in [4.69, 9.17) is 5.73 Å². The van der Waals surface area contributed by atoms with Crippen LogP contribution in [0, 0.1) is 5.92 Å². The van der Waals surface area contributed by atoms with Crippen LogP contribution in [0.1, 0.15) is 31.9 Å². The predicted octanol–water partition coefficient (Wildman–Crippen LogP) is 1.24. The fraction of sp³-hybridized carbons (Fsp3) is 0.500. The molecule has 0 aliphatic carbocycles. The van der Waals surface area contributed by atoms with E-state index in [-0.39, 0.29) is 17.9 Å². The minimum absolute atomic E-state index is 0.00817. The van der Waals surface area contributed by atoms with Gasteiger partial charge in [-0.2, -0.15) is 0 Å². The summed E-state index contributed by atoms with van der Waals surface area (Å²) in [4.78, 5) is 15.6. The zero-order chi connectivity index (χ0) is 12.0. The molecule has 0 fully saturated rings. The minimum Gasteiger partial charge on any atom is -0.350 e. The van der Waals surface area contributed by atoms with E-state index in [1.54, 1.807) is 12.4 Å². The Morgan fingerprint density at radius 2 is 2.31 bits per heavy atom. The molecule has 0 saturated carbocycles. The van der Waals surface area contributed by atoms with E-state index in [1.165, 1.54) is 0 Å². The maximum atomic E-state index is 11.6. The van der Waals surface area contributed by atoms with Crippen LogP contribution in [0.15, 0.2) is 24.5 Å². The Morgan fingerprint density at radius 1 is 1.56 bits per heavy atom. The van der Waals surface area contributed by atoms with E-state index >= 15 is 0 Å². The van der Waals surface area contributed by atoms with Crippen LogP contribution in [0.25, 0.3) is 0 Å². The maximum Gasteiger partial charge on any atom is 0.220 e. The van der Waals surface area contributed by atoms with Gasteiger partial charge in [-0.05, 0) is 31.0 Å². The van der Waals surface area contributed by atoms with Crippen LogP contribution in [0.3, 0.4) is 0 Å². The van der Waals surface area contributed by atoms with Gasteiger partial charge in [-0.3, -0.25) is 9.78 Å². The van der Waals surface area contributed by atoms with Crippen molar-refractivity contribution in [3.05, 3.63) is 30.1 Å². The van der Waals surface area contributed by atoms with E-state index in [2.05, 4.69) is 10.3 Å². The third-order valence-corrected chi connectivity index (χ3v) is 2.50. The third-order valence-electron chi connectivity index (χ3n) is 2.50. The Kier molecular flexibility index (Phi) is 4.92. The van der Waals surface area contributed by atoms with Crippen molar-refractivity contribution in [2.75, 3.05) is 6.54 Å². The number of nitrogens with one attached hydrogen (secondary N) is 1. The number of rotatable bonds is 5. The number of carbonyl (C=O) groups is 1. The average molecular weight is 221 g/mol. The highest BCUT2D eigenvalue weighted by Crippen LogP contribution is 2.10. The summed E-state index contributed by atoms with van der Waals surface area (Å²) < 4.78 is 0. The largest absolute Gasteiger partial charge is 0.350 e. The Bertz CT molecular complexity index is 326. The van der Waals surface area contributed by atoms with Crippen molar-refractivity contribution in [1.82, 2.24) is 10.3 Å². The summed E-state index contributed by atoms with van der Waals surface area (Å²) in [5, 5.41) is 2.93. The van der Waals surface area contributed by atoms with Gasteiger partial charge in [-0.15, -0.1) is 0 Å². The zero-order valence-corrected chi connectivity index (χ0v) is 9.81. The topological polar surface area (TPSA) is 68.0 Å². The molecule has 0 aromatic carbocycles. The lowest BCUT2D eigenvalue weighted by molar-refractivity contribution is -0.122. The molecule has 1 unspecified atom stereocenters. The Hall–Kier alpha value is -1.42. The van der Waals surface area contributed by atoms with Gasteiger partial charge in [0, 0.05) is 18.8 Å². The standard InChI is InChI=1S/C12H19N3O/c1-9(7-13)6-12(16)15-10(2)11-4-3-5-14-8-11/h3-5,8-10H,6-7,13H2,1-2H3,(H,15,16)/t9?,10-/m0/s1. The third kappa shape index (κ3) is 3.98. The molecule has 1 heterocycles. The molecule has 3 N–H and O–H groups in total. The average Bonchev–Trinajstić information content (AvgIpc) is 2.29. The van der Waals surface area contributed by atoms with Crippen molar-refractivity contribution in [3.8, 4) is 0 Å².